The summed E-state index contributed by atoms with van der Waals surface area (Å²) in [4.78, 5) is 22.4. The number of likely N-dealkylation sites (tertiary alicyclic amines) is 2. The van der Waals surface area contributed by atoms with Gasteiger partial charge in [0.15, 0.2) is 0 Å². The van der Waals surface area contributed by atoms with Crippen LogP contribution in [0.4, 0.5) is 0 Å². The van der Waals surface area contributed by atoms with Crippen LogP contribution < -0.4 is 5.32 Å². The Hall–Kier alpha value is -3.03. The number of hydrogen-bond donors (Lipinski definition) is 1. The third kappa shape index (κ3) is 7.27. The summed E-state index contributed by atoms with van der Waals surface area (Å²) in [5, 5.41) is 7.36. The number of nitrogens with zero attached hydrogens (tertiary/aromatic N) is 4. The van der Waals surface area contributed by atoms with E-state index < -0.39 is 0 Å². The predicted octanol–water partition coefficient (Wildman–Crippen LogP) is 4.95. The van der Waals surface area contributed by atoms with Crippen molar-refractivity contribution in [3.8, 4) is 11.4 Å². The third-order valence-electron chi connectivity index (χ3n) is 7.54. The van der Waals surface area contributed by atoms with Gasteiger partial charge in [0.2, 0.25) is 17.6 Å². The highest BCUT2D eigenvalue weighted by molar-refractivity contribution is 5.79. The van der Waals surface area contributed by atoms with Crippen molar-refractivity contribution in [3.63, 3.8) is 0 Å². The van der Waals surface area contributed by atoms with Crippen LogP contribution in [0, 0.1) is 12.8 Å². The summed E-state index contributed by atoms with van der Waals surface area (Å²) < 4.78 is 5.53. The summed E-state index contributed by atoms with van der Waals surface area (Å²) in [6.45, 7) is 8.23. The van der Waals surface area contributed by atoms with Crippen molar-refractivity contribution in [1.82, 2.24) is 25.3 Å². The van der Waals surface area contributed by atoms with Gasteiger partial charge in [0.1, 0.15) is 0 Å². The van der Waals surface area contributed by atoms with Gasteiger partial charge in [-0.2, -0.15) is 4.98 Å². The van der Waals surface area contributed by atoms with Crippen LogP contribution in [0.15, 0.2) is 53.1 Å². The number of aryl methyl sites for hydroxylation is 1. The van der Waals surface area contributed by atoms with Gasteiger partial charge in [-0.05, 0) is 69.4 Å². The average molecular weight is 502 g/mol. The van der Waals surface area contributed by atoms with Gasteiger partial charge in [-0.1, -0.05) is 66.0 Å². The summed E-state index contributed by atoms with van der Waals surface area (Å²) in [6.07, 6.45) is 7.20. The zero-order valence-electron chi connectivity index (χ0n) is 22.0. The number of amides is 1. The monoisotopic (exact) mass is 501 g/mol. The second-order valence-electron chi connectivity index (χ2n) is 10.7. The molecule has 2 fully saturated rings. The fourth-order valence-corrected chi connectivity index (χ4v) is 5.55. The lowest BCUT2D eigenvalue weighted by Crippen LogP contribution is -2.42. The minimum absolute atomic E-state index is 0.0202. The normalized spacial score (nSPS) is 19.4. The number of nitrogens with one attached hydrogen (secondary N) is 1. The number of rotatable bonds is 8. The van der Waals surface area contributed by atoms with Gasteiger partial charge in [-0.25, -0.2) is 0 Å². The Morgan fingerprint density at radius 1 is 0.946 bits per heavy atom. The van der Waals surface area contributed by atoms with Crippen LogP contribution in [-0.2, 0) is 24.4 Å². The number of carbonyl (C=O) groups is 1. The van der Waals surface area contributed by atoms with Crippen molar-refractivity contribution in [3.05, 3.63) is 71.1 Å². The maximum absolute atomic E-state index is 13.0. The van der Waals surface area contributed by atoms with Crippen molar-refractivity contribution < 1.29 is 9.32 Å². The number of hydrogen-bond acceptors (Lipinski definition) is 6. The van der Waals surface area contributed by atoms with E-state index in [1.807, 2.05) is 12.1 Å². The highest BCUT2D eigenvalue weighted by Gasteiger charge is 2.27. The van der Waals surface area contributed by atoms with Crippen LogP contribution >= 0.6 is 0 Å². The molecule has 1 unspecified atom stereocenters. The lowest BCUT2D eigenvalue weighted by molar-refractivity contribution is -0.127. The number of aromatic nitrogens is 2. The summed E-state index contributed by atoms with van der Waals surface area (Å²) in [7, 11) is 0. The van der Waals surface area contributed by atoms with E-state index in [4.69, 9.17) is 4.52 Å². The molecule has 0 saturated carbocycles. The molecule has 2 saturated heterocycles. The first kappa shape index (κ1) is 25.6. The summed E-state index contributed by atoms with van der Waals surface area (Å²) >= 11 is 0. The molecule has 1 aromatic heterocycles. The molecule has 1 N–H and O–H groups in total. The molecule has 1 amide bonds. The minimum atomic E-state index is -0.0202. The van der Waals surface area contributed by atoms with Crippen molar-refractivity contribution in [2.75, 3.05) is 26.2 Å². The van der Waals surface area contributed by atoms with E-state index in [9.17, 15) is 4.79 Å². The maximum Gasteiger partial charge on any atom is 0.241 e. The van der Waals surface area contributed by atoms with Crippen molar-refractivity contribution in [2.24, 2.45) is 5.92 Å². The van der Waals surface area contributed by atoms with Gasteiger partial charge >= 0.3 is 0 Å². The zero-order valence-corrected chi connectivity index (χ0v) is 22.0. The zero-order chi connectivity index (χ0) is 25.5. The molecule has 2 aliphatic heterocycles. The lowest BCUT2D eigenvalue weighted by Gasteiger charge is -2.30. The smallest absolute Gasteiger partial charge is 0.241 e. The fraction of sp³-hybridized carbons (Fsp3) is 0.500. The van der Waals surface area contributed by atoms with E-state index in [0.717, 1.165) is 37.1 Å². The molecule has 0 radical (unpaired) electrons. The molecule has 0 aliphatic carbocycles. The van der Waals surface area contributed by atoms with Gasteiger partial charge in [-0.15, -0.1) is 0 Å². The van der Waals surface area contributed by atoms with E-state index in [2.05, 4.69) is 68.6 Å². The molecule has 3 heterocycles. The molecule has 37 heavy (non-hydrogen) atoms. The highest BCUT2D eigenvalue weighted by Crippen LogP contribution is 2.21. The molecule has 7 nitrogen and oxygen atoms in total. The van der Waals surface area contributed by atoms with E-state index in [0.29, 0.717) is 31.3 Å². The van der Waals surface area contributed by atoms with E-state index in [1.165, 1.54) is 49.9 Å². The van der Waals surface area contributed by atoms with Gasteiger partial charge in [0, 0.05) is 25.2 Å². The Labute approximate surface area is 220 Å². The van der Waals surface area contributed by atoms with Crippen LogP contribution in [0.25, 0.3) is 11.4 Å². The summed E-state index contributed by atoms with van der Waals surface area (Å²) in [5.74, 6) is 1.32. The second kappa shape index (κ2) is 12.5. The second-order valence-corrected chi connectivity index (χ2v) is 10.7. The predicted molar refractivity (Wildman–Crippen MR) is 145 cm³/mol. The Bertz CT molecular complexity index is 1170. The number of carbonyl (C=O) groups excluding carboxylic acids is 1. The lowest BCUT2D eigenvalue weighted by atomic mass is 9.97. The van der Waals surface area contributed by atoms with Crippen LogP contribution in [0.1, 0.15) is 61.1 Å². The molecule has 2 aromatic carbocycles. The number of piperidine rings is 1. The quantitative estimate of drug-likeness (QED) is 0.471. The first-order valence-corrected chi connectivity index (χ1v) is 13.8. The molecule has 5 rings (SSSR count). The van der Waals surface area contributed by atoms with E-state index in [-0.39, 0.29) is 11.8 Å². The van der Waals surface area contributed by atoms with Crippen molar-refractivity contribution in [2.45, 2.75) is 65.1 Å². The molecular formula is C30H39N5O2. The first-order chi connectivity index (χ1) is 18.1. The third-order valence-corrected chi connectivity index (χ3v) is 7.54. The van der Waals surface area contributed by atoms with Crippen molar-refractivity contribution >= 4 is 5.91 Å². The largest absolute Gasteiger partial charge is 0.352 e. The average Bonchev–Trinajstić information content (AvgIpc) is 3.23. The highest BCUT2D eigenvalue weighted by atomic mass is 16.5. The van der Waals surface area contributed by atoms with Gasteiger partial charge < -0.3 is 9.84 Å². The Morgan fingerprint density at radius 2 is 1.73 bits per heavy atom. The Balaban J connectivity index is 1.11. The molecule has 3 aromatic rings. The molecule has 0 bridgehead atoms. The van der Waals surface area contributed by atoms with Crippen LogP contribution in [0.5, 0.6) is 0 Å². The SMILES string of the molecule is Cc1cccc(-c2noc(CN3CCCC(C(=O)NCc4cccc(CN5CCCCCC5)c4)C3)n2)c1. The Morgan fingerprint density at radius 3 is 2.57 bits per heavy atom. The Kier molecular flexibility index (Phi) is 8.64. The molecule has 2 aliphatic rings. The van der Waals surface area contributed by atoms with Crippen molar-refractivity contribution in [1.29, 1.82) is 0 Å². The molecule has 7 heteroatoms. The molecule has 196 valence electrons. The standard InChI is InChI=1S/C30H39N5O2/c1-23-9-6-12-26(17-23)29-32-28(37-33-29)22-35-16-8-13-27(21-35)30(36)31-19-24-10-7-11-25(18-24)20-34-14-4-2-3-5-15-34/h6-7,9-12,17-18,27H,2-5,8,13-16,19-22H2,1H3,(H,31,36). The minimum Gasteiger partial charge on any atom is -0.352 e. The van der Waals surface area contributed by atoms with Crippen LogP contribution in [0.2, 0.25) is 0 Å². The first-order valence-electron chi connectivity index (χ1n) is 13.8. The van der Waals surface area contributed by atoms with Crippen LogP contribution in [0.3, 0.4) is 0 Å². The van der Waals surface area contributed by atoms with Gasteiger partial charge in [0.05, 0.1) is 12.5 Å². The van der Waals surface area contributed by atoms with Crippen LogP contribution in [-0.4, -0.2) is 52.0 Å². The van der Waals surface area contributed by atoms with Gasteiger partial charge in [-0.3, -0.25) is 14.6 Å². The fourth-order valence-electron chi connectivity index (χ4n) is 5.55. The number of benzene rings is 2. The topological polar surface area (TPSA) is 74.5 Å². The summed E-state index contributed by atoms with van der Waals surface area (Å²) in [5.41, 5.74) is 4.63. The molecule has 0 spiro atoms. The molecule has 1 atom stereocenters. The van der Waals surface area contributed by atoms with Gasteiger partial charge in [0.25, 0.3) is 0 Å². The van der Waals surface area contributed by atoms with E-state index >= 15 is 0 Å². The maximum atomic E-state index is 13.0. The van der Waals surface area contributed by atoms with E-state index in [1.54, 1.807) is 0 Å². The molecular weight excluding hydrogens is 462 g/mol. The summed E-state index contributed by atoms with van der Waals surface area (Å²) in [6, 6.07) is 16.8.